The summed E-state index contributed by atoms with van der Waals surface area (Å²) < 4.78 is 0. The van der Waals surface area contributed by atoms with Crippen LogP contribution in [0.3, 0.4) is 0 Å². The van der Waals surface area contributed by atoms with E-state index >= 15 is 0 Å². The van der Waals surface area contributed by atoms with Crippen molar-refractivity contribution in [3.8, 4) is 0 Å². The van der Waals surface area contributed by atoms with Crippen molar-refractivity contribution in [2.45, 2.75) is 25.9 Å². The summed E-state index contributed by atoms with van der Waals surface area (Å²) in [6.07, 6.45) is 1.82. The van der Waals surface area contributed by atoms with Gasteiger partial charge in [-0.25, -0.2) is 4.98 Å². The highest BCUT2D eigenvalue weighted by Crippen LogP contribution is 2.24. The molecule has 0 unspecified atom stereocenters. The van der Waals surface area contributed by atoms with E-state index in [-0.39, 0.29) is 5.54 Å². The van der Waals surface area contributed by atoms with Gasteiger partial charge in [0.2, 0.25) is 0 Å². The van der Waals surface area contributed by atoms with Gasteiger partial charge in [-0.05, 0) is 31.5 Å². The highest BCUT2D eigenvalue weighted by molar-refractivity contribution is 7.09. The van der Waals surface area contributed by atoms with E-state index in [1.165, 1.54) is 0 Å². The molecular formula is C13H16ClN3S. The molecule has 1 aromatic heterocycles. The van der Waals surface area contributed by atoms with Gasteiger partial charge in [0, 0.05) is 18.1 Å². The summed E-state index contributed by atoms with van der Waals surface area (Å²) in [5, 5.41) is 7.13. The molecule has 0 aliphatic rings. The third-order valence-electron chi connectivity index (χ3n) is 2.77. The van der Waals surface area contributed by atoms with Gasteiger partial charge in [-0.1, -0.05) is 17.7 Å². The van der Waals surface area contributed by atoms with E-state index in [0.717, 1.165) is 17.1 Å². The fourth-order valence-electron chi connectivity index (χ4n) is 1.61. The fraction of sp³-hybridized carbons (Fsp3) is 0.308. The van der Waals surface area contributed by atoms with Crippen LogP contribution in [0.5, 0.6) is 0 Å². The van der Waals surface area contributed by atoms with Crippen LogP contribution >= 0.6 is 22.9 Å². The number of halogens is 1. The lowest BCUT2D eigenvalue weighted by Crippen LogP contribution is -2.35. The van der Waals surface area contributed by atoms with Crippen LogP contribution in [0.1, 0.15) is 24.4 Å². The van der Waals surface area contributed by atoms with Gasteiger partial charge in [0.05, 0.1) is 16.2 Å². The topological polar surface area (TPSA) is 50.9 Å². The molecule has 0 spiro atoms. The molecule has 3 N–H and O–H groups in total. The average Bonchev–Trinajstić information content (AvgIpc) is 2.85. The summed E-state index contributed by atoms with van der Waals surface area (Å²) in [7, 11) is 0. The van der Waals surface area contributed by atoms with E-state index in [0.29, 0.717) is 10.7 Å². The van der Waals surface area contributed by atoms with Crippen LogP contribution in [-0.4, -0.2) is 4.98 Å². The third kappa shape index (κ3) is 3.02. The number of anilines is 1. The summed E-state index contributed by atoms with van der Waals surface area (Å²) in [5.41, 5.74) is 7.26. The first-order valence-electron chi connectivity index (χ1n) is 5.68. The van der Waals surface area contributed by atoms with Gasteiger partial charge >= 0.3 is 0 Å². The molecule has 0 fully saturated rings. The Bertz CT molecular complexity index is 523. The Morgan fingerprint density at radius 3 is 2.83 bits per heavy atom. The molecule has 0 aliphatic heterocycles. The van der Waals surface area contributed by atoms with Crippen LogP contribution in [0.2, 0.25) is 5.02 Å². The highest BCUT2D eigenvalue weighted by atomic mass is 35.5. The molecule has 0 aliphatic carbocycles. The van der Waals surface area contributed by atoms with E-state index in [2.05, 4.69) is 24.1 Å². The maximum atomic E-state index is 6.00. The summed E-state index contributed by atoms with van der Waals surface area (Å²) in [6.45, 7) is 4.96. The summed E-state index contributed by atoms with van der Waals surface area (Å²) >= 11 is 7.65. The Balaban J connectivity index is 2.05. The van der Waals surface area contributed by atoms with Gasteiger partial charge in [-0.2, -0.15) is 0 Å². The molecule has 5 heteroatoms. The quantitative estimate of drug-likeness (QED) is 0.845. The van der Waals surface area contributed by atoms with E-state index < -0.39 is 0 Å². The Kier molecular flexibility index (Phi) is 3.90. The molecule has 96 valence electrons. The van der Waals surface area contributed by atoms with E-state index in [4.69, 9.17) is 17.3 Å². The number of nitrogen functional groups attached to an aromatic ring is 1. The number of nitrogens with zero attached hydrogens (tertiary/aromatic N) is 1. The number of nitrogens with one attached hydrogen (secondary N) is 1. The summed E-state index contributed by atoms with van der Waals surface area (Å²) in [6, 6.07) is 5.70. The molecule has 0 radical (unpaired) electrons. The molecular weight excluding hydrogens is 266 g/mol. The van der Waals surface area contributed by atoms with Gasteiger partial charge in [0.1, 0.15) is 5.01 Å². The Morgan fingerprint density at radius 1 is 1.44 bits per heavy atom. The fourth-order valence-corrected chi connectivity index (χ4v) is 2.55. The maximum absolute atomic E-state index is 6.00. The van der Waals surface area contributed by atoms with Crippen LogP contribution < -0.4 is 11.1 Å². The van der Waals surface area contributed by atoms with Gasteiger partial charge in [0.25, 0.3) is 0 Å². The van der Waals surface area contributed by atoms with Gasteiger partial charge in [0.15, 0.2) is 0 Å². The molecule has 2 rings (SSSR count). The monoisotopic (exact) mass is 281 g/mol. The number of nitrogens with two attached hydrogens (primary N) is 1. The molecule has 0 saturated heterocycles. The molecule has 0 amide bonds. The zero-order valence-electron chi connectivity index (χ0n) is 10.4. The van der Waals surface area contributed by atoms with Crippen LogP contribution in [-0.2, 0) is 12.1 Å². The van der Waals surface area contributed by atoms with Crippen molar-refractivity contribution in [2.24, 2.45) is 0 Å². The van der Waals surface area contributed by atoms with Gasteiger partial charge < -0.3 is 11.1 Å². The van der Waals surface area contributed by atoms with Gasteiger partial charge in [-0.15, -0.1) is 11.3 Å². The van der Waals surface area contributed by atoms with Crippen molar-refractivity contribution >= 4 is 28.6 Å². The van der Waals surface area contributed by atoms with E-state index in [1.807, 2.05) is 29.8 Å². The van der Waals surface area contributed by atoms with Crippen LogP contribution in [0, 0.1) is 0 Å². The van der Waals surface area contributed by atoms with Crippen molar-refractivity contribution in [2.75, 3.05) is 5.73 Å². The number of aromatic nitrogens is 1. The number of hydrogen-bond acceptors (Lipinski definition) is 4. The number of benzene rings is 1. The van der Waals surface area contributed by atoms with E-state index in [1.54, 1.807) is 11.3 Å². The second-order valence-electron chi connectivity index (χ2n) is 4.67. The number of hydrogen-bond donors (Lipinski definition) is 2. The van der Waals surface area contributed by atoms with Crippen molar-refractivity contribution in [1.29, 1.82) is 0 Å². The Hall–Kier alpha value is -1.10. The van der Waals surface area contributed by atoms with Gasteiger partial charge in [-0.3, -0.25) is 0 Å². The van der Waals surface area contributed by atoms with Crippen LogP contribution in [0.25, 0.3) is 0 Å². The molecule has 0 bridgehead atoms. The lowest BCUT2D eigenvalue weighted by Gasteiger charge is -2.24. The molecule has 3 nitrogen and oxygen atoms in total. The van der Waals surface area contributed by atoms with Crippen molar-refractivity contribution in [3.63, 3.8) is 0 Å². The minimum absolute atomic E-state index is 0.151. The summed E-state index contributed by atoms with van der Waals surface area (Å²) in [4.78, 5) is 4.34. The zero-order valence-corrected chi connectivity index (χ0v) is 12.0. The van der Waals surface area contributed by atoms with Crippen LogP contribution in [0.4, 0.5) is 5.69 Å². The lowest BCUT2D eigenvalue weighted by atomic mass is 10.1. The minimum Gasteiger partial charge on any atom is -0.398 e. The van der Waals surface area contributed by atoms with Crippen molar-refractivity contribution < 1.29 is 0 Å². The molecule has 1 aromatic carbocycles. The average molecular weight is 282 g/mol. The molecule has 1 heterocycles. The smallest absolute Gasteiger partial charge is 0.112 e. The second-order valence-corrected chi connectivity index (χ2v) is 5.97. The predicted octanol–water partition coefficient (Wildman–Crippen LogP) is 3.40. The maximum Gasteiger partial charge on any atom is 0.112 e. The number of rotatable bonds is 4. The standard InChI is InChI=1S/C13H16ClN3S/c1-13(2,12-16-5-6-18-12)17-8-9-3-4-11(15)10(14)7-9/h3-7,17H,8,15H2,1-2H3. The highest BCUT2D eigenvalue weighted by Gasteiger charge is 2.22. The Morgan fingerprint density at radius 2 is 2.22 bits per heavy atom. The summed E-state index contributed by atoms with van der Waals surface area (Å²) in [5.74, 6) is 0. The zero-order chi connectivity index (χ0) is 13.2. The first-order chi connectivity index (χ1) is 8.49. The third-order valence-corrected chi connectivity index (χ3v) is 4.19. The number of thiazole rings is 1. The second kappa shape index (κ2) is 5.26. The SMILES string of the molecule is CC(C)(NCc1ccc(N)c(Cl)c1)c1nccs1. The Labute approximate surface area is 116 Å². The minimum atomic E-state index is -0.151. The predicted molar refractivity (Wildman–Crippen MR) is 77.8 cm³/mol. The molecule has 2 aromatic rings. The molecule has 18 heavy (non-hydrogen) atoms. The molecule has 0 atom stereocenters. The van der Waals surface area contributed by atoms with Crippen LogP contribution in [0.15, 0.2) is 29.8 Å². The van der Waals surface area contributed by atoms with Crippen molar-refractivity contribution in [3.05, 3.63) is 45.4 Å². The normalized spacial score (nSPS) is 11.7. The first-order valence-corrected chi connectivity index (χ1v) is 6.94. The lowest BCUT2D eigenvalue weighted by molar-refractivity contribution is 0.399. The first kappa shape index (κ1) is 13.3. The largest absolute Gasteiger partial charge is 0.398 e. The van der Waals surface area contributed by atoms with E-state index in [9.17, 15) is 0 Å². The van der Waals surface area contributed by atoms with Crippen molar-refractivity contribution in [1.82, 2.24) is 10.3 Å². The molecule has 0 saturated carbocycles.